The van der Waals surface area contributed by atoms with Crippen molar-refractivity contribution in [2.75, 3.05) is 0 Å². The molecule has 4 rings (SSSR count). The van der Waals surface area contributed by atoms with Crippen LogP contribution in [0.3, 0.4) is 0 Å². The van der Waals surface area contributed by atoms with Gasteiger partial charge in [0.25, 0.3) is 5.56 Å². The maximum atomic E-state index is 12.5. The number of carbonyl (C=O) groups excluding carboxylic acids is 1. The second kappa shape index (κ2) is 3.71. The Kier molecular flexibility index (Phi) is 2.08. The normalized spacial score (nSPS) is 12.6. The molecule has 96 valence electrons. The number of benzene rings is 1. The topological polar surface area (TPSA) is 77.7 Å². The lowest BCUT2D eigenvalue weighted by atomic mass is 10.1. The van der Waals surface area contributed by atoms with Gasteiger partial charge in [0.1, 0.15) is 11.7 Å². The molecule has 7 heteroatoms. The van der Waals surface area contributed by atoms with Crippen molar-refractivity contribution in [3.8, 4) is 5.69 Å². The van der Waals surface area contributed by atoms with Crippen molar-refractivity contribution in [1.29, 1.82) is 0 Å². The van der Waals surface area contributed by atoms with Crippen LogP contribution >= 0.6 is 11.6 Å². The summed E-state index contributed by atoms with van der Waals surface area (Å²) in [6, 6.07) is 4.79. The lowest BCUT2D eigenvalue weighted by Crippen LogP contribution is -2.22. The van der Waals surface area contributed by atoms with Crippen LogP contribution in [0, 0.1) is 0 Å². The Labute approximate surface area is 116 Å². The highest BCUT2D eigenvalue weighted by atomic mass is 35.5. The largest absolute Gasteiger partial charge is 0.285 e. The number of nitrogens with zero attached hydrogens (tertiary/aromatic N) is 4. The van der Waals surface area contributed by atoms with Crippen LogP contribution in [0.15, 0.2) is 35.5 Å². The second-order valence-corrected chi connectivity index (χ2v) is 4.76. The standard InChI is InChI=1S/C13H5ClN4O2/c14-6-1-2-9-7(3-6)10(19)12-17-11-8(4-15-5-16-11)13(20)18(9)12/h1-5H. The fourth-order valence-electron chi connectivity index (χ4n) is 2.31. The molecule has 1 aromatic carbocycles. The van der Waals surface area contributed by atoms with Gasteiger partial charge in [-0.1, -0.05) is 11.6 Å². The van der Waals surface area contributed by atoms with Crippen LogP contribution in [0.5, 0.6) is 0 Å². The third-order valence-corrected chi connectivity index (χ3v) is 3.43. The molecular formula is C13H5ClN4O2. The molecule has 2 aromatic heterocycles. The number of fused-ring (bicyclic) bond motifs is 4. The first-order chi connectivity index (χ1) is 9.66. The third kappa shape index (κ3) is 1.31. The highest BCUT2D eigenvalue weighted by Crippen LogP contribution is 2.28. The predicted molar refractivity (Wildman–Crippen MR) is 71.4 cm³/mol. The van der Waals surface area contributed by atoms with Crippen molar-refractivity contribution in [2.24, 2.45) is 0 Å². The molecule has 1 aliphatic heterocycles. The Balaban J connectivity index is 2.20. The van der Waals surface area contributed by atoms with Gasteiger partial charge in [-0.15, -0.1) is 0 Å². The zero-order valence-corrected chi connectivity index (χ0v) is 10.6. The summed E-state index contributed by atoms with van der Waals surface area (Å²) in [4.78, 5) is 36.7. The molecule has 0 N–H and O–H groups in total. The summed E-state index contributed by atoms with van der Waals surface area (Å²) in [7, 11) is 0. The lowest BCUT2D eigenvalue weighted by Gasteiger charge is -2.04. The summed E-state index contributed by atoms with van der Waals surface area (Å²) >= 11 is 5.89. The molecule has 0 amide bonds. The minimum atomic E-state index is -0.361. The number of rotatable bonds is 0. The molecule has 0 unspecified atom stereocenters. The van der Waals surface area contributed by atoms with E-state index in [1.807, 2.05) is 0 Å². The van der Waals surface area contributed by atoms with Crippen molar-refractivity contribution in [3.63, 3.8) is 0 Å². The summed E-state index contributed by atoms with van der Waals surface area (Å²) in [5.41, 5.74) is 0.701. The molecule has 0 radical (unpaired) electrons. The summed E-state index contributed by atoms with van der Waals surface area (Å²) in [5.74, 6) is -0.279. The highest BCUT2D eigenvalue weighted by Gasteiger charge is 2.30. The van der Waals surface area contributed by atoms with Crippen LogP contribution in [0.4, 0.5) is 0 Å². The molecule has 3 aromatic rings. The predicted octanol–water partition coefficient (Wildman–Crippen LogP) is 1.37. The monoisotopic (exact) mass is 284 g/mol. The zero-order valence-electron chi connectivity index (χ0n) is 9.87. The van der Waals surface area contributed by atoms with Gasteiger partial charge in [0, 0.05) is 11.2 Å². The van der Waals surface area contributed by atoms with Gasteiger partial charge in [0.15, 0.2) is 11.5 Å². The van der Waals surface area contributed by atoms with E-state index in [1.54, 1.807) is 12.1 Å². The van der Waals surface area contributed by atoms with Crippen molar-refractivity contribution in [2.45, 2.75) is 0 Å². The van der Waals surface area contributed by atoms with E-state index in [-0.39, 0.29) is 28.2 Å². The molecule has 0 fully saturated rings. The van der Waals surface area contributed by atoms with Gasteiger partial charge in [-0.2, -0.15) is 0 Å². The van der Waals surface area contributed by atoms with E-state index in [0.29, 0.717) is 16.3 Å². The molecule has 0 aliphatic carbocycles. The molecule has 1 aliphatic rings. The fraction of sp³-hybridized carbons (Fsp3) is 0. The SMILES string of the molecule is O=C1c2cc(Cl)ccc2-n2c1nc1ncncc1c2=O. The number of hydrogen-bond donors (Lipinski definition) is 0. The Morgan fingerprint density at radius 2 is 2.05 bits per heavy atom. The summed E-state index contributed by atoms with van der Waals surface area (Å²) in [6.07, 6.45) is 2.68. The van der Waals surface area contributed by atoms with E-state index in [4.69, 9.17) is 11.6 Å². The van der Waals surface area contributed by atoms with Gasteiger partial charge < -0.3 is 0 Å². The molecule has 0 bridgehead atoms. The molecule has 0 atom stereocenters. The number of hydrogen-bond acceptors (Lipinski definition) is 5. The van der Waals surface area contributed by atoms with Crippen LogP contribution in [0.1, 0.15) is 16.2 Å². The van der Waals surface area contributed by atoms with Crippen LogP contribution in [-0.2, 0) is 0 Å². The minimum absolute atomic E-state index is 0.0541. The van der Waals surface area contributed by atoms with Crippen molar-refractivity contribution in [1.82, 2.24) is 19.5 Å². The maximum Gasteiger partial charge on any atom is 0.269 e. The summed E-state index contributed by atoms with van der Waals surface area (Å²) in [5, 5.41) is 0.703. The molecule has 20 heavy (non-hydrogen) atoms. The van der Waals surface area contributed by atoms with E-state index >= 15 is 0 Å². The Morgan fingerprint density at radius 3 is 2.90 bits per heavy atom. The minimum Gasteiger partial charge on any atom is -0.285 e. The quantitative estimate of drug-likeness (QED) is 0.487. The number of halogens is 1. The molecule has 0 spiro atoms. The first-order valence-electron chi connectivity index (χ1n) is 5.74. The van der Waals surface area contributed by atoms with Crippen LogP contribution in [-0.4, -0.2) is 25.3 Å². The lowest BCUT2D eigenvalue weighted by molar-refractivity contribution is 0.103. The van der Waals surface area contributed by atoms with Crippen molar-refractivity contribution >= 4 is 28.4 Å². The fourth-order valence-corrected chi connectivity index (χ4v) is 2.48. The number of ketones is 1. The van der Waals surface area contributed by atoms with E-state index < -0.39 is 0 Å². The first kappa shape index (κ1) is 11.2. The van der Waals surface area contributed by atoms with Crippen LogP contribution < -0.4 is 5.56 Å². The Bertz CT molecular complexity index is 964. The highest BCUT2D eigenvalue weighted by molar-refractivity contribution is 6.31. The Morgan fingerprint density at radius 1 is 1.20 bits per heavy atom. The Hall–Kier alpha value is -2.60. The van der Waals surface area contributed by atoms with Gasteiger partial charge in [0.2, 0.25) is 5.78 Å². The van der Waals surface area contributed by atoms with Gasteiger partial charge in [0.05, 0.1) is 11.3 Å². The van der Waals surface area contributed by atoms with Crippen molar-refractivity contribution < 1.29 is 4.79 Å². The van der Waals surface area contributed by atoms with Crippen LogP contribution in [0.2, 0.25) is 5.02 Å². The van der Waals surface area contributed by atoms with Gasteiger partial charge >= 0.3 is 0 Å². The van der Waals surface area contributed by atoms with E-state index in [9.17, 15) is 9.59 Å². The number of carbonyl (C=O) groups is 1. The van der Waals surface area contributed by atoms with Crippen molar-refractivity contribution in [3.05, 3.63) is 57.5 Å². The van der Waals surface area contributed by atoms with Gasteiger partial charge in [-0.3, -0.25) is 14.2 Å². The number of aromatic nitrogens is 4. The third-order valence-electron chi connectivity index (χ3n) is 3.20. The first-order valence-corrected chi connectivity index (χ1v) is 6.12. The van der Waals surface area contributed by atoms with E-state index in [1.165, 1.54) is 23.2 Å². The summed E-state index contributed by atoms with van der Waals surface area (Å²) < 4.78 is 1.28. The van der Waals surface area contributed by atoms with E-state index in [0.717, 1.165) is 0 Å². The van der Waals surface area contributed by atoms with E-state index in [2.05, 4.69) is 15.0 Å². The summed E-state index contributed by atoms with van der Waals surface area (Å²) in [6.45, 7) is 0. The average Bonchev–Trinajstić information content (AvgIpc) is 2.73. The molecule has 6 nitrogen and oxygen atoms in total. The smallest absolute Gasteiger partial charge is 0.269 e. The molecule has 0 saturated heterocycles. The maximum absolute atomic E-state index is 12.5. The van der Waals surface area contributed by atoms with Gasteiger partial charge in [-0.25, -0.2) is 15.0 Å². The van der Waals surface area contributed by atoms with Gasteiger partial charge in [-0.05, 0) is 18.2 Å². The molecule has 3 heterocycles. The zero-order chi connectivity index (χ0) is 13.9. The second-order valence-electron chi connectivity index (χ2n) is 4.33. The molecular weight excluding hydrogens is 280 g/mol. The van der Waals surface area contributed by atoms with Crippen LogP contribution in [0.25, 0.3) is 16.7 Å². The molecule has 0 saturated carbocycles. The average molecular weight is 285 g/mol.